The molecule has 3 rings (SSSR count). The van der Waals surface area contributed by atoms with Crippen molar-refractivity contribution in [2.45, 2.75) is 70.5 Å². The third-order valence-corrected chi connectivity index (χ3v) is 5.13. The van der Waals surface area contributed by atoms with E-state index in [0.29, 0.717) is 0 Å². The Bertz CT molecular complexity index is 472. The van der Waals surface area contributed by atoms with Gasteiger partial charge in [-0.3, -0.25) is 0 Å². The molecule has 1 aromatic carbocycles. The van der Waals surface area contributed by atoms with Crippen molar-refractivity contribution in [2.75, 3.05) is 0 Å². The third-order valence-electron chi connectivity index (χ3n) is 5.13. The quantitative estimate of drug-likeness (QED) is 0.858. The van der Waals surface area contributed by atoms with Gasteiger partial charge in [0.15, 0.2) is 0 Å². The van der Waals surface area contributed by atoms with Gasteiger partial charge < -0.3 is 9.84 Å². The lowest BCUT2D eigenvalue weighted by molar-refractivity contribution is -0.0474. The maximum Gasteiger partial charge on any atom is 0.125 e. The van der Waals surface area contributed by atoms with Crippen LogP contribution in [0.4, 0.5) is 0 Å². The molecule has 110 valence electrons. The standard InChI is InChI=1S/C18H26O2/c1-3-4-14-7-9-18(10-8-14)12-16(19)15-11-13(2)5-6-17(15)20-18/h5-6,11,14,16,19H,3-4,7-10,12H2,1-2H3/t14?,16-,18?/m0/s1. The summed E-state index contributed by atoms with van der Waals surface area (Å²) in [5, 5.41) is 10.5. The SMILES string of the molecule is CCCC1CCC2(CC1)C[C@H](O)c1cc(C)ccc1O2. The molecule has 0 amide bonds. The molecule has 0 bridgehead atoms. The fraction of sp³-hybridized carbons (Fsp3) is 0.667. The molecular formula is C18H26O2. The Morgan fingerprint density at radius 1 is 1.30 bits per heavy atom. The van der Waals surface area contributed by atoms with Crippen molar-refractivity contribution in [3.05, 3.63) is 29.3 Å². The number of hydrogen-bond acceptors (Lipinski definition) is 2. The second-order valence-corrected chi connectivity index (χ2v) is 6.78. The lowest BCUT2D eigenvalue weighted by atomic mass is 9.73. The molecule has 1 aromatic rings. The Hall–Kier alpha value is -1.02. The van der Waals surface area contributed by atoms with E-state index in [0.717, 1.165) is 36.5 Å². The summed E-state index contributed by atoms with van der Waals surface area (Å²) in [4.78, 5) is 0. The number of aliphatic hydroxyl groups is 1. The van der Waals surface area contributed by atoms with E-state index in [9.17, 15) is 5.11 Å². The summed E-state index contributed by atoms with van der Waals surface area (Å²) >= 11 is 0. The van der Waals surface area contributed by atoms with Gasteiger partial charge in [0.1, 0.15) is 11.4 Å². The smallest absolute Gasteiger partial charge is 0.125 e. The van der Waals surface area contributed by atoms with Gasteiger partial charge in [-0.05, 0) is 50.7 Å². The van der Waals surface area contributed by atoms with Crippen molar-refractivity contribution < 1.29 is 9.84 Å². The summed E-state index contributed by atoms with van der Waals surface area (Å²) < 4.78 is 6.35. The van der Waals surface area contributed by atoms with Crippen LogP contribution in [0.3, 0.4) is 0 Å². The number of fused-ring (bicyclic) bond motifs is 1. The molecule has 1 aliphatic carbocycles. The van der Waals surface area contributed by atoms with E-state index in [-0.39, 0.29) is 11.7 Å². The maximum absolute atomic E-state index is 10.5. The van der Waals surface area contributed by atoms with Gasteiger partial charge >= 0.3 is 0 Å². The molecule has 1 aliphatic heterocycles. The van der Waals surface area contributed by atoms with Crippen molar-refractivity contribution in [3.63, 3.8) is 0 Å². The van der Waals surface area contributed by atoms with Crippen LogP contribution in [0.1, 0.15) is 69.1 Å². The van der Waals surface area contributed by atoms with Crippen LogP contribution in [0.5, 0.6) is 5.75 Å². The predicted octanol–water partition coefficient (Wildman–Crippen LogP) is 4.54. The fourth-order valence-electron chi connectivity index (χ4n) is 3.97. The van der Waals surface area contributed by atoms with E-state index in [4.69, 9.17) is 4.74 Å². The van der Waals surface area contributed by atoms with Gasteiger partial charge in [0.25, 0.3) is 0 Å². The zero-order valence-corrected chi connectivity index (χ0v) is 12.7. The van der Waals surface area contributed by atoms with E-state index in [1.54, 1.807) is 0 Å². The monoisotopic (exact) mass is 274 g/mol. The van der Waals surface area contributed by atoms with Crippen molar-refractivity contribution >= 4 is 0 Å². The zero-order valence-electron chi connectivity index (χ0n) is 12.7. The van der Waals surface area contributed by atoms with Crippen molar-refractivity contribution in [3.8, 4) is 5.75 Å². The predicted molar refractivity (Wildman–Crippen MR) is 81.0 cm³/mol. The molecule has 0 radical (unpaired) electrons. The number of aryl methyl sites for hydroxylation is 1. The van der Waals surface area contributed by atoms with E-state index in [1.807, 2.05) is 6.07 Å². The molecule has 2 heteroatoms. The van der Waals surface area contributed by atoms with Crippen LogP contribution in [0.2, 0.25) is 0 Å². The van der Waals surface area contributed by atoms with Crippen molar-refractivity contribution in [1.82, 2.24) is 0 Å². The number of aliphatic hydroxyl groups excluding tert-OH is 1. The summed E-state index contributed by atoms with van der Waals surface area (Å²) in [6, 6.07) is 6.18. The average Bonchev–Trinajstić information content (AvgIpc) is 2.43. The van der Waals surface area contributed by atoms with E-state index in [1.165, 1.54) is 31.2 Å². The van der Waals surface area contributed by atoms with Crippen LogP contribution in [-0.2, 0) is 0 Å². The summed E-state index contributed by atoms with van der Waals surface area (Å²) in [7, 11) is 0. The Labute approximate surface area is 122 Å². The largest absolute Gasteiger partial charge is 0.487 e. The highest BCUT2D eigenvalue weighted by atomic mass is 16.5. The first kappa shape index (κ1) is 13.9. The van der Waals surface area contributed by atoms with E-state index < -0.39 is 0 Å². The average molecular weight is 274 g/mol. The highest BCUT2D eigenvalue weighted by Crippen LogP contribution is 2.47. The number of rotatable bonds is 2. The van der Waals surface area contributed by atoms with Crippen LogP contribution < -0.4 is 4.74 Å². The first-order valence-corrected chi connectivity index (χ1v) is 8.09. The van der Waals surface area contributed by atoms with Crippen molar-refractivity contribution in [2.24, 2.45) is 5.92 Å². The minimum Gasteiger partial charge on any atom is -0.487 e. The van der Waals surface area contributed by atoms with Crippen LogP contribution in [0, 0.1) is 12.8 Å². The number of benzene rings is 1. The topological polar surface area (TPSA) is 29.5 Å². The summed E-state index contributed by atoms with van der Waals surface area (Å²) in [5.41, 5.74) is 2.06. The first-order chi connectivity index (χ1) is 9.62. The maximum atomic E-state index is 10.5. The van der Waals surface area contributed by atoms with Crippen molar-refractivity contribution in [1.29, 1.82) is 0 Å². The Balaban J connectivity index is 1.76. The molecule has 1 N–H and O–H groups in total. The fourth-order valence-corrected chi connectivity index (χ4v) is 3.97. The minimum atomic E-state index is -0.360. The molecule has 1 heterocycles. The Kier molecular flexibility index (Phi) is 3.76. The molecule has 20 heavy (non-hydrogen) atoms. The van der Waals surface area contributed by atoms with E-state index in [2.05, 4.69) is 26.0 Å². The van der Waals surface area contributed by atoms with Crippen LogP contribution in [0.25, 0.3) is 0 Å². The van der Waals surface area contributed by atoms with Gasteiger partial charge in [-0.1, -0.05) is 31.4 Å². The lowest BCUT2D eigenvalue weighted by Gasteiger charge is -2.45. The molecule has 1 fully saturated rings. The molecule has 0 saturated heterocycles. The molecular weight excluding hydrogens is 248 g/mol. The highest BCUT2D eigenvalue weighted by molar-refractivity contribution is 5.41. The number of ether oxygens (including phenoxy) is 1. The third kappa shape index (κ3) is 2.58. The molecule has 1 atom stereocenters. The molecule has 1 saturated carbocycles. The van der Waals surface area contributed by atoms with Gasteiger partial charge in [0.2, 0.25) is 0 Å². The molecule has 1 spiro atoms. The Morgan fingerprint density at radius 3 is 2.75 bits per heavy atom. The van der Waals surface area contributed by atoms with Crippen LogP contribution in [0.15, 0.2) is 18.2 Å². The second-order valence-electron chi connectivity index (χ2n) is 6.78. The summed E-state index contributed by atoms with van der Waals surface area (Å²) in [5.74, 6) is 1.77. The van der Waals surface area contributed by atoms with Crippen LogP contribution in [-0.4, -0.2) is 10.7 Å². The summed E-state index contributed by atoms with van der Waals surface area (Å²) in [6.07, 6.45) is 7.73. The molecule has 2 nitrogen and oxygen atoms in total. The van der Waals surface area contributed by atoms with Crippen LogP contribution >= 0.6 is 0 Å². The normalized spacial score (nSPS) is 32.8. The van der Waals surface area contributed by atoms with Gasteiger partial charge in [0, 0.05) is 12.0 Å². The molecule has 0 aromatic heterocycles. The minimum absolute atomic E-state index is 0.105. The number of hydrogen-bond donors (Lipinski definition) is 1. The van der Waals surface area contributed by atoms with Gasteiger partial charge in [-0.2, -0.15) is 0 Å². The molecule has 0 unspecified atom stereocenters. The van der Waals surface area contributed by atoms with E-state index >= 15 is 0 Å². The highest BCUT2D eigenvalue weighted by Gasteiger charge is 2.42. The second kappa shape index (κ2) is 5.40. The molecule has 2 aliphatic rings. The Morgan fingerprint density at radius 2 is 2.05 bits per heavy atom. The zero-order chi connectivity index (χ0) is 14.2. The lowest BCUT2D eigenvalue weighted by Crippen LogP contribution is -2.44. The van der Waals surface area contributed by atoms with Gasteiger partial charge in [-0.15, -0.1) is 0 Å². The van der Waals surface area contributed by atoms with Gasteiger partial charge in [0.05, 0.1) is 6.10 Å². The first-order valence-electron chi connectivity index (χ1n) is 8.09. The summed E-state index contributed by atoms with van der Waals surface area (Å²) in [6.45, 7) is 4.33. The van der Waals surface area contributed by atoms with Gasteiger partial charge in [-0.25, -0.2) is 0 Å².